The van der Waals surface area contributed by atoms with Crippen molar-refractivity contribution in [1.29, 1.82) is 0 Å². The summed E-state index contributed by atoms with van der Waals surface area (Å²) in [5.41, 5.74) is 4.47. The van der Waals surface area contributed by atoms with E-state index in [4.69, 9.17) is 0 Å². The van der Waals surface area contributed by atoms with Gasteiger partial charge in [-0.25, -0.2) is 17.8 Å². The molecule has 3 aromatic rings. The lowest BCUT2D eigenvalue weighted by Gasteiger charge is -2.18. The van der Waals surface area contributed by atoms with Crippen LogP contribution in [0.5, 0.6) is 0 Å². The molecule has 0 fully saturated rings. The first kappa shape index (κ1) is 21.1. The van der Waals surface area contributed by atoms with Crippen LogP contribution in [0.25, 0.3) is 11.3 Å². The second-order valence-corrected chi connectivity index (χ2v) is 8.84. The Balaban J connectivity index is 1.78. The van der Waals surface area contributed by atoms with E-state index < -0.39 is 10.0 Å². The highest BCUT2D eigenvalue weighted by Crippen LogP contribution is 2.27. The van der Waals surface area contributed by atoms with Crippen LogP contribution < -0.4 is 5.43 Å². The summed E-state index contributed by atoms with van der Waals surface area (Å²) in [5, 5.41) is 6.34. The van der Waals surface area contributed by atoms with Crippen molar-refractivity contribution in [3.8, 4) is 11.3 Å². The summed E-state index contributed by atoms with van der Waals surface area (Å²) in [6.45, 7) is 4.44. The molecule has 0 saturated carbocycles. The van der Waals surface area contributed by atoms with Crippen molar-refractivity contribution in [2.24, 2.45) is 5.10 Å². The fourth-order valence-electron chi connectivity index (χ4n) is 2.72. The normalized spacial score (nSPS) is 12.0. The molecular formula is C20H21FN4O2S2. The van der Waals surface area contributed by atoms with Crippen molar-refractivity contribution in [2.45, 2.75) is 18.7 Å². The van der Waals surface area contributed by atoms with E-state index in [2.05, 4.69) is 15.5 Å². The second kappa shape index (κ2) is 9.25. The van der Waals surface area contributed by atoms with Gasteiger partial charge in [-0.2, -0.15) is 9.41 Å². The number of sulfonamides is 1. The molecule has 0 aliphatic heterocycles. The molecule has 29 heavy (non-hydrogen) atoms. The van der Waals surface area contributed by atoms with Crippen LogP contribution in [0.15, 0.2) is 63.9 Å². The Hall–Kier alpha value is -2.62. The Morgan fingerprint density at radius 3 is 2.66 bits per heavy atom. The highest BCUT2D eigenvalue weighted by atomic mass is 32.2. The van der Waals surface area contributed by atoms with E-state index in [9.17, 15) is 12.8 Å². The topological polar surface area (TPSA) is 74.7 Å². The van der Waals surface area contributed by atoms with E-state index in [0.29, 0.717) is 35.0 Å². The molecule has 6 nitrogen and oxygen atoms in total. The van der Waals surface area contributed by atoms with Gasteiger partial charge < -0.3 is 0 Å². The van der Waals surface area contributed by atoms with Crippen molar-refractivity contribution in [3.05, 3.63) is 65.3 Å². The van der Waals surface area contributed by atoms with Gasteiger partial charge >= 0.3 is 0 Å². The molecule has 3 rings (SSSR count). The van der Waals surface area contributed by atoms with Crippen molar-refractivity contribution in [2.75, 3.05) is 18.5 Å². The average molecular weight is 433 g/mol. The summed E-state index contributed by atoms with van der Waals surface area (Å²) in [6, 6.07) is 13.0. The van der Waals surface area contributed by atoms with Crippen LogP contribution in [0.3, 0.4) is 0 Å². The van der Waals surface area contributed by atoms with Gasteiger partial charge in [0.2, 0.25) is 15.2 Å². The zero-order valence-corrected chi connectivity index (χ0v) is 17.7. The van der Waals surface area contributed by atoms with Crippen molar-refractivity contribution >= 4 is 32.7 Å². The molecule has 152 valence electrons. The van der Waals surface area contributed by atoms with Gasteiger partial charge in [0.1, 0.15) is 5.82 Å². The number of hydrogen-bond acceptors (Lipinski definition) is 6. The van der Waals surface area contributed by atoms with Crippen LogP contribution in [-0.4, -0.2) is 37.0 Å². The molecular weight excluding hydrogens is 411 g/mol. The lowest BCUT2D eigenvalue weighted by molar-refractivity contribution is 0.445. The zero-order chi connectivity index (χ0) is 20.9. The minimum absolute atomic E-state index is 0.235. The number of halogens is 1. The molecule has 0 unspecified atom stereocenters. The average Bonchev–Trinajstić information content (AvgIpc) is 3.19. The fraction of sp³-hybridized carbons (Fsp3) is 0.200. The number of hydrazone groups is 1. The lowest BCUT2D eigenvalue weighted by Crippen LogP contribution is -2.30. The fourth-order valence-corrected chi connectivity index (χ4v) is 4.90. The first-order valence-electron chi connectivity index (χ1n) is 9.05. The zero-order valence-electron chi connectivity index (χ0n) is 16.0. The molecule has 1 N–H and O–H groups in total. The quantitative estimate of drug-likeness (QED) is 0.422. The largest absolute Gasteiger partial charge is 0.253 e. The van der Waals surface area contributed by atoms with Crippen LogP contribution in [0.4, 0.5) is 9.52 Å². The molecule has 1 heterocycles. The number of rotatable bonds is 8. The van der Waals surface area contributed by atoms with Gasteiger partial charge in [-0.3, -0.25) is 5.43 Å². The SMILES string of the molecule is CCN(CC)S(=O)(=O)c1cccc(-c2csc(NN=Cc3ccccc3F)n2)c1. The predicted molar refractivity (Wildman–Crippen MR) is 115 cm³/mol. The van der Waals surface area contributed by atoms with Gasteiger partial charge in [0.05, 0.1) is 16.8 Å². The van der Waals surface area contributed by atoms with E-state index >= 15 is 0 Å². The minimum atomic E-state index is -3.54. The van der Waals surface area contributed by atoms with Gasteiger partial charge in [-0.05, 0) is 18.2 Å². The van der Waals surface area contributed by atoms with Crippen LogP contribution >= 0.6 is 11.3 Å². The van der Waals surface area contributed by atoms with Crippen LogP contribution in [0, 0.1) is 5.82 Å². The maximum atomic E-state index is 13.6. The first-order valence-corrected chi connectivity index (χ1v) is 11.4. The van der Waals surface area contributed by atoms with E-state index in [0.717, 1.165) is 0 Å². The third-order valence-electron chi connectivity index (χ3n) is 4.25. The van der Waals surface area contributed by atoms with Gasteiger partial charge in [-0.1, -0.05) is 44.2 Å². The molecule has 0 amide bonds. The van der Waals surface area contributed by atoms with Gasteiger partial charge in [0, 0.05) is 29.6 Å². The number of aromatic nitrogens is 1. The molecule has 0 atom stereocenters. The van der Waals surface area contributed by atoms with Crippen LogP contribution in [0.1, 0.15) is 19.4 Å². The Morgan fingerprint density at radius 1 is 1.17 bits per heavy atom. The number of benzene rings is 2. The molecule has 0 aliphatic rings. The number of nitrogens with zero attached hydrogens (tertiary/aromatic N) is 3. The van der Waals surface area contributed by atoms with Crippen LogP contribution in [0.2, 0.25) is 0 Å². The maximum absolute atomic E-state index is 13.6. The highest BCUT2D eigenvalue weighted by molar-refractivity contribution is 7.89. The summed E-state index contributed by atoms with van der Waals surface area (Å²) in [6.07, 6.45) is 1.38. The van der Waals surface area contributed by atoms with Gasteiger partial charge in [0.25, 0.3) is 0 Å². The highest BCUT2D eigenvalue weighted by Gasteiger charge is 2.22. The number of nitrogens with one attached hydrogen (secondary N) is 1. The van der Waals surface area contributed by atoms with E-state index in [1.54, 1.807) is 36.4 Å². The second-order valence-electron chi connectivity index (χ2n) is 6.05. The molecule has 0 saturated heterocycles. The molecule has 9 heteroatoms. The van der Waals surface area contributed by atoms with Crippen molar-refractivity contribution < 1.29 is 12.8 Å². The Labute approximate surface area is 173 Å². The molecule has 0 bridgehead atoms. The first-order chi connectivity index (χ1) is 14.0. The number of anilines is 1. The van der Waals surface area contributed by atoms with Crippen molar-refractivity contribution in [1.82, 2.24) is 9.29 Å². The predicted octanol–water partition coefficient (Wildman–Crippen LogP) is 4.43. The van der Waals surface area contributed by atoms with E-state index in [1.807, 2.05) is 25.3 Å². The third-order valence-corrected chi connectivity index (χ3v) is 7.04. The summed E-state index contributed by atoms with van der Waals surface area (Å²) in [7, 11) is -3.54. The number of hydrogen-bond donors (Lipinski definition) is 1. The number of thiazole rings is 1. The molecule has 1 aromatic heterocycles. The van der Waals surface area contributed by atoms with E-state index in [-0.39, 0.29) is 10.7 Å². The van der Waals surface area contributed by atoms with E-state index in [1.165, 1.54) is 27.9 Å². The lowest BCUT2D eigenvalue weighted by atomic mass is 10.2. The third kappa shape index (κ3) is 4.87. The Morgan fingerprint density at radius 2 is 1.93 bits per heavy atom. The molecule has 2 aromatic carbocycles. The smallest absolute Gasteiger partial charge is 0.243 e. The maximum Gasteiger partial charge on any atom is 0.243 e. The van der Waals surface area contributed by atoms with Crippen molar-refractivity contribution in [3.63, 3.8) is 0 Å². The summed E-state index contributed by atoms with van der Waals surface area (Å²) in [4.78, 5) is 4.67. The van der Waals surface area contributed by atoms with Gasteiger partial charge in [-0.15, -0.1) is 11.3 Å². The summed E-state index contributed by atoms with van der Waals surface area (Å²) in [5.74, 6) is -0.357. The minimum Gasteiger partial charge on any atom is -0.253 e. The Kier molecular flexibility index (Phi) is 6.73. The Bertz CT molecular complexity index is 1110. The molecule has 0 spiro atoms. The molecule has 0 radical (unpaired) electrons. The van der Waals surface area contributed by atoms with Crippen LogP contribution in [-0.2, 0) is 10.0 Å². The standard InChI is InChI=1S/C20H21FN4O2S2/c1-3-25(4-2)29(26,27)17-10-7-9-15(12-17)19-14-28-20(23-19)24-22-13-16-8-5-6-11-18(16)21/h5-14H,3-4H2,1-2H3,(H,23,24). The summed E-state index contributed by atoms with van der Waals surface area (Å²) >= 11 is 1.32. The summed E-state index contributed by atoms with van der Waals surface area (Å²) < 4.78 is 40.5. The van der Waals surface area contributed by atoms with Gasteiger partial charge in [0.15, 0.2) is 0 Å². The monoisotopic (exact) mass is 432 g/mol. The molecule has 0 aliphatic carbocycles.